The summed E-state index contributed by atoms with van der Waals surface area (Å²) >= 11 is 0. The summed E-state index contributed by atoms with van der Waals surface area (Å²) in [4.78, 5) is 0. The number of benzene rings is 1. The molecule has 0 aliphatic heterocycles. The molecule has 1 aromatic rings. The van der Waals surface area contributed by atoms with E-state index >= 15 is 0 Å². The molecule has 2 nitrogen and oxygen atoms in total. The molecule has 0 amide bonds. The molecule has 1 atom stereocenters. The predicted molar refractivity (Wildman–Crippen MR) is 74.2 cm³/mol. The van der Waals surface area contributed by atoms with Crippen molar-refractivity contribution in [3.05, 3.63) is 35.4 Å². The van der Waals surface area contributed by atoms with Gasteiger partial charge in [-0.1, -0.05) is 37.3 Å². The quantitative estimate of drug-likeness (QED) is 0.781. The fraction of sp³-hybridized carbons (Fsp3) is 0.500. The SMILES string of the molecule is CCCC(C)OCc1cccc(C#CCCO)c1. The van der Waals surface area contributed by atoms with Crippen LogP contribution in [0.4, 0.5) is 0 Å². The molecule has 1 unspecified atom stereocenters. The Morgan fingerprint density at radius 3 is 2.94 bits per heavy atom. The van der Waals surface area contributed by atoms with Crippen LogP contribution >= 0.6 is 0 Å². The first-order valence-corrected chi connectivity index (χ1v) is 6.56. The predicted octanol–water partition coefficient (Wildman–Crippen LogP) is 3.13. The second-order valence-corrected chi connectivity index (χ2v) is 4.39. The normalized spacial score (nSPS) is 11.7. The molecule has 0 fully saturated rings. The van der Waals surface area contributed by atoms with Crippen molar-refractivity contribution in [2.75, 3.05) is 6.61 Å². The molecule has 0 spiro atoms. The van der Waals surface area contributed by atoms with Crippen molar-refractivity contribution >= 4 is 0 Å². The van der Waals surface area contributed by atoms with Crippen LogP contribution in [-0.4, -0.2) is 17.8 Å². The maximum Gasteiger partial charge on any atom is 0.0720 e. The molecule has 1 N–H and O–H groups in total. The molecule has 0 aromatic heterocycles. The third-order valence-electron chi connectivity index (χ3n) is 2.63. The average Bonchev–Trinajstić information content (AvgIpc) is 2.38. The summed E-state index contributed by atoms with van der Waals surface area (Å²) in [6.07, 6.45) is 3.07. The monoisotopic (exact) mass is 246 g/mol. The number of hydrogen-bond acceptors (Lipinski definition) is 2. The molecule has 0 heterocycles. The van der Waals surface area contributed by atoms with Gasteiger partial charge in [0.2, 0.25) is 0 Å². The zero-order chi connectivity index (χ0) is 13.2. The zero-order valence-corrected chi connectivity index (χ0v) is 11.3. The first-order chi connectivity index (χ1) is 8.76. The van der Waals surface area contributed by atoms with Gasteiger partial charge in [-0.3, -0.25) is 0 Å². The highest BCUT2D eigenvalue weighted by Gasteiger charge is 2.01. The number of ether oxygens (including phenoxy) is 1. The molecule has 2 heteroatoms. The van der Waals surface area contributed by atoms with E-state index in [1.165, 1.54) is 0 Å². The lowest BCUT2D eigenvalue weighted by Crippen LogP contribution is -2.07. The molecule has 98 valence electrons. The van der Waals surface area contributed by atoms with Crippen LogP contribution in [-0.2, 0) is 11.3 Å². The summed E-state index contributed by atoms with van der Waals surface area (Å²) < 4.78 is 5.76. The summed E-state index contributed by atoms with van der Waals surface area (Å²) in [6.45, 7) is 5.02. The van der Waals surface area contributed by atoms with E-state index in [0.29, 0.717) is 19.1 Å². The van der Waals surface area contributed by atoms with Gasteiger partial charge in [0.05, 0.1) is 19.3 Å². The first-order valence-electron chi connectivity index (χ1n) is 6.56. The summed E-state index contributed by atoms with van der Waals surface area (Å²) in [5.74, 6) is 5.96. The van der Waals surface area contributed by atoms with Gasteiger partial charge < -0.3 is 9.84 Å². The highest BCUT2D eigenvalue weighted by Crippen LogP contribution is 2.09. The molecule has 0 saturated carbocycles. The summed E-state index contributed by atoms with van der Waals surface area (Å²) in [5.41, 5.74) is 2.13. The third-order valence-corrected chi connectivity index (χ3v) is 2.63. The fourth-order valence-corrected chi connectivity index (χ4v) is 1.69. The second kappa shape index (κ2) is 8.74. The smallest absolute Gasteiger partial charge is 0.0720 e. The van der Waals surface area contributed by atoms with Crippen LogP contribution in [0.1, 0.15) is 44.2 Å². The molecule has 1 aromatic carbocycles. The second-order valence-electron chi connectivity index (χ2n) is 4.39. The van der Waals surface area contributed by atoms with Crippen molar-refractivity contribution < 1.29 is 9.84 Å². The molecule has 1 rings (SSSR count). The van der Waals surface area contributed by atoms with Gasteiger partial charge in [0.15, 0.2) is 0 Å². The van der Waals surface area contributed by atoms with Crippen molar-refractivity contribution in [1.29, 1.82) is 0 Å². The van der Waals surface area contributed by atoms with Crippen LogP contribution in [0.2, 0.25) is 0 Å². The largest absolute Gasteiger partial charge is 0.395 e. The highest BCUT2D eigenvalue weighted by molar-refractivity contribution is 5.36. The van der Waals surface area contributed by atoms with Gasteiger partial charge in [-0.25, -0.2) is 0 Å². The molecule has 0 bridgehead atoms. The minimum atomic E-state index is 0.115. The van der Waals surface area contributed by atoms with Crippen molar-refractivity contribution in [3.63, 3.8) is 0 Å². The number of aliphatic hydroxyl groups is 1. The molecule has 0 aliphatic carbocycles. The van der Waals surface area contributed by atoms with Gasteiger partial charge in [-0.05, 0) is 31.0 Å². The lowest BCUT2D eigenvalue weighted by molar-refractivity contribution is 0.0472. The van der Waals surface area contributed by atoms with E-state index in [1.54, 1.807) is 0 Å². The van der Waals surface area contributed by atoms with Gasteiger partial charge in [0.1, 0.15) is 0 Å². The van der Waals surface area contributed by atoms with E-state index < -0.39 is 0 Å². The Kier molecular flexibility index (Phi) is 7.17. The first kappa shape index (κ1) is 14.8. The highest BCUT2D eigenvalue weighted by atomic mass is 16.5. The van der Waals surface area contributed by atoms with Crippen molar-refractivity contribution in [2.45, 2.75) is 45.8 Å². The van der Waals surface area contributed by atoms with Crippen molar-refractivity contribution in [1.82, 2.24) is 0 Å². The van der Waals surface area contributed by atoms with E-state index in [-0.39, 0.29) is 6.61 Å². The number of rotatable bonds is 6. The van der Waals surface area contributed by atoms with Crippen LogP contribution < -0.4 is 0 Å². The molecule has 0 aliphatic rings. The Hall–Kier alpha value is -1.30. The standard InChI is InChI=1S/C16H22O2/c1-3-7-14(2)18-13-16-10-6-9-15(12-16)8-4-5-11-17/h6,9-10,12,14,17H,3,5,7,11,13H2,1-2H3. The van der Waals surface area contributed by atoms with Crippen LogP contribution in [0.25, 0.3) is 0 Å². The number of hydrogen-bond donors (Lipinski definition) is 1. The Morgan fingerprint density at radius 1 is 1.39 bits per heavy atom. The summed E-state index contributed by atoms with van der Waals surface area (Å²) in [5, 5.41) is 8.67. The lowest BCUT2D eigenvalue weighted by atomic mass is 10.1. The lowest BCUT2D eigenvalue weighted by Gasteiger charge is -2.11. The van der Waals surface area contributed by atoms with Gasteiger partial charge >= 0.3 is 0 Å². The van der Waals surface area contributed by atoms with Crippen LogP contribution in [0, 0.1) is 11.8 Å². The summed E-state index contributed by atoms with van der Waals surface area (Å²) in [7, 11) is 0. The van der Waals surface area contributed by atoms with Crippen molar-refractivity contribution in [3.8, 4) is 11.8 Å². The number of aliphatic hydroxyl groups excluding tert-OH is 1. The summed E-state index contributed by atoms with van der Waals surface area (Å²) in [6, 6.07) is 8.06. The van der Waals surface area contributed by atoms with Gasteiger partial charge in [0, 0.05) is 12.0 Å². The van der Waals surface area contributed by atoms with E-state index in [4.69, 9.17) is 9.84 Å². The fourth-order valence-electron chi connectivity index (χ4n) is 1.69. The van der Waals surface area contributed by atoms with Crippen LogP contribution in [0.15, 0.2) is 24.3 Å². The Morgan fingerprint density at radius 2 is 2.22 bits per heavy atom. The Labute approximate surface area is 110 Å². The van der Waals surface area contributed by atoms with Crippen LogP contribution in [0.3, 0.4) is 0 Å². The molecule has 0 saturated heterocycles. The van der Waals surface area contributed by atoms with Gasteiger partial charge in [-0.2, -0.15) is 0 Å². The van der Waals surface area contributed by atoms with E-state index in [9.17, 15) is 0 Å². The molecule has 18 heavy (non-hydrogen) atoms. The van der Waals surface area contributed by atoms with E-state index in [0.717, 1.165) is 24.0 Å². The molecule has 0 radical (unpaired) electrons. The minimum Gasteiger partial charge on any atom is -0.395 e. The maximum atomic E-state index is 8.67. The van der Waals surface area contributed by atoms with E-state index in [1.807, 2.05) is 18.2 Å². The van der Waals surface area contributed by atoms with E-state index in [2.05, 4.69) is 31.8 Å². The van der Waals surface area contributed by atoms with Gasteiger partial charge in [-0.15, -0.1) is 0 Å². The Bertz CT molecular complexity index is 401. The Balaban J connectivity index is 2.52. The molecular formula is C16H22O2. The topological polar surface area (TPSA) is 29.5 Å². The minimum absolute atomic E-state index is 0.115. The average molecular weight is 246 g/mol. The maximum absolute atomic E-state index is 8.67. The third kappa shape index (κ3) is 5.86. The van der Waals surface area contributed by atoms with Crippen LogP contribution in [0.5, 0.6) is 0 Å². The van der Waals surface area contributed by atoms with Gasteiger partial charge in [0.25, 0.3) is 0 Å². The zero-order valence-electron chi connectivity index (χ0n) is 11.3. The van der Waals surface area contributed by atoms with Crippen molar-refractivity contribution in [2.24, 2.45) is 0 Å². The molecular weight excluding hydrogens is 224 g/mol.